The minimum Gasteiger partial charge on any atom is -0.366 e. The van der Waals surface area contributed by atoms with Gasteiger partial charge in [0.05, 0.1) is 12.1 Å². The minimum atomic E-state index is -2.54. The maximum Gasteiger partial charge on any atom is 0.320 e. The second-order valence-corrected chi connectivity index (χ2v) is 9.36. The molecular formula is C20H27F2N5O3. The SMILES string of the molecule is Cc1cc(C(F)F)nn1CC1CC2(C1)CN(C(=O)N1CC[C@@H]3OCC(=O)N[C@@H]3C1)C2. The molecule has 10 heteroatoms. The van der Waals surface area contributed by atoms with Gasteiger partial charge in [-0.15, -0.1) is 0 Å². The zero-order chi connectivity index (χ0) is 21.0. The fourth-order valence-corrected chi connectivity index (χ4v) is 5.60. The maximum atomic E-state index is 12.9. The van der Waals surface area contributed by atoms with Crippen LogP contribution in [-0.2, 0) is 16.1 Å². The Bertz CT molecular complexity index is 845. The van der Waals surface area contributed by atoms with Crippen LogP contribution >= 0.6 is 0 Å². The van der Waals surface area contributed by atoms with E-state index in [-0.39, 0.29) is 41.8 Å². The molecule has 5 rings (SSSR count). The Morgan fingerprint density at radius 1 is 1.37 bits per heavy atom. The monoisotopic (exact) mass is 423 g/mol. The quantitative estimate of drug-likeness (QED) is 0.800. The number of aryl methyl sites for hydroxylation is 1. The number of rotatable bonds is 3. The largest absolute Gasteiger partial charge is 0.366 e. The lowest BCUT2D eigenvalue weighted by Gasteiger charge is -2.60. The molecule has 1 aromatic rings. The first-order chi connectivity index (χ1) is 14.3. The van der Waals surface area contributed by atoms with Crippen molar-refractivity contribution in [1.29, 1.82) is 0 Å². The molecule has 0 unspecified atom stereocenters. The molecule has 0 bridgehead atoms. The van der Waals surface area contributed by atoms with Crippen molar-refractivity contribution < 1.29 is 23.1 Å². The van der Waals surface area contributed by atoms with Crippen LogP contribution in [0.1, 0.15) is 37.1 Å². The van der Waals surface area contributed by atoms with Gasteiger partial charge in [0, 0.05) is 43.8 Å². The molecule has 3 aliphatic heterocycles. The molecule has 4 aliphatic rings. The lowest BCUT2D eigenvalue weighted by atomic mass is 9.58. The standard InChI is InChI=1S/C20H27F2N5O3/c1-12-4-14(18(21)22)24-27(12)7-13-5-20(6-13)10-26(11-20)19(29)25-3-2-16-15(8-25)23-17(28)9-30-16/h4,13,15-16,18H,2-3,5-11H2,1H3,(H,23,28)/t15-,16+/m1/s1. The molecule has 4 fully saturated rings. The van der Waals surface area contributed by atoms with Crippen LogP contribution in [0.4, 0.5) is 13.6 Å². The van der Waals surface area contributed by atoms with Gasteiger partial charge in [0.25, 0.3) is 6.43 Å². The van der Waals surface area contributed by atoms with Crippen molar-refractivity contribution in [2.45, 2.75) is 51.3 Å². The number of amides is 3. The van der Waals surface area contributed by atoms with Crippen LogP contribution in [0.5, 0.6) is 0 Å². The number of likely N-dealkylation sites (tertiary alicyclic amines) is 2. The Hall–Kier alpha value is -2.23. The van der Waals surface area contributed by atoms with Crippen LogP contribution in [0.25, 0.3) is 0 Å². The molecule has 164 valence electrons. The lowest BCUT2D eigenvalue weighted by molar-refractivity contribution is -0.140. The number of fused-ring (bicyclic) bond motifs is 1. The lowest BCUT2D eigenvalue weighted by Crippen LogP contribution is -2.68. The summed E-state index contributed by atoms with van der Waals surface area (Å²) in [5.41, 5.74) is 0.775. The first-order valence-electron chi connectivity index (χ1n) is 10.6. The molecule has 4 heterocycles. The Kier molecular flexibility index (Phi) is 4.72. The van der Waals surface area contributed by atoms with Crippen molar-refractivity contribution in [3.63, 3.8) is 0 Å². The highest BCUT2D eigenvalue weighted by molar-refractivity contribution is 5.79. The first kappa shape index (κ1) is 19.7. The van der Waals surface area contributed by atoms with E-state index in [0.29, 0.717) is 25.6 Å². The zero-order valence-corrected chi connectivity index (χ0v) is 17.0. The average Bonchev–Trinajstić information content (AvgIpc) is 3.02. The number of nitrogens with one attached hydrogen (secondary N) is 1. The summed E-state index contributed by atoms with van der Waals surface area (Å²) in [5.74, 6) is 0.291. The molecule has 1 aliphatic carbocycles. The van der Waals surface area contributed by atoms with E-state index in [0.717, 1.165) is 38.0 Å². The number of hydrogen-bond acceptors (Lipinski definition) is 4. The topological polar surface area (TPSA) is 79.7 Å². The van der Waals surface area contributed by atoms with Crippen LogP contribution in [0, 0.1) is 18.3 Å². The van der Waals surface area contributed by atoms with E-state index < -0.39 is 6.43 Å². The summed E-state index contributed by atoms with van der Waals surface area (Å²) < 4.78 is 32.9. The van der Waals surface area contributed by atoms with Crippen LogP contribution in [0.15, 0.2) is 6.07 Å². The number of urea groups is 1. The molecule has 0 radical (unpaired) electrons. The number of nitrogens with zero attached hydrogens (tertiary/aromatic N) is 4. The van der Waals surface area contributed by atoms with Gasteiger partial charge in [0.2, 0.25) is 5.91 Å². The van der Waals surface area contributed by atoms with Crippen molar-refractivity contribution in [2.24, 2.45) is 11.3 Å². The summed E-state index contributed by atoms with van der Waals surface area (Å²) in [6, 6.07) is 1.36. The van der Waals surface area contributed by atoms with Gasteiger partial charge >= 0.3 is 6.03 Å². The van der Waals surface area contributed by atoms with Gasteiger partial charge in [-0.25, -0.2) is 13.6 Å². The van der Waals surface area contributed by atoms with Crippen LogP contribution in [-0.4, -0.2) is 76.5 Å². The Morgan fingerprint density at radius 2 is 2.13 bits per heavy atom. The van der Waals surface area contributed by atoms with Crippen molar-refractivity contribution in [1.82, 2.24) is 24.9 Å². The summed E-state index contributed by atoms with van der Waals surface area (Å²) in [5, 5.41) is 6.95. The number of ether oxygens (including phenoxy) is 1. The third kappa shape index (κ3) is 3.44. The molecular weight excluding hydrogens is 396 g/mol. The van der Waals surface area contributed by atoms with E-state index in [1.165, 1.54) is 6.07 Å². The number of alkyl halides is 2. The van der Waals surface area contributed by atoms with Gasteiger partial charge in [-0.1, -0.05) is 0 Å². The van der Waals surface area contributed by atoms with E-state index in [1.807, 2.05) is 9.80 Å². The van der Waals surface area contributed by atoms with E-state index in [2.05, 4.69) is 10.4 Å². The van der Waals surface area contributed by atoms with Crippen molar-refractivity contribution in [3.8, 4) is 0 Å². The third-order valence-corrected chi connectivity index (χ3v) is 7.02. The maximum absolute atomic E-state index is 12.9. The normalized spacial score (nSPS) is 28.2. The average molecular weight is 423 g/mol. The van der Waals surface area contributed by atoms with E-state index in [9.17, 15) is 18.4 Å². The molecule has 3 amide bonds. The highest BCUT2D eigenvalue weighted by Crippen LogP contribution is 2.52. The minimum absolute atomic E-state index is 0.00166. The molecule has 0 aromatic carbocycles. The van der Waals surface area contributed by atoms with E-state index in [1.54, 1.807) is 11.6 Å². The molecule has 30 heavy (non-hydrogen) atoms. The van der Waals surface area contributed by atoms with E-state index in [4.69, 9.17) is 4.74 Å². The van der Waals surface area contributed by atoms with Gasteiger partial charge in [-0.3, -0.25) is 9.48 Å². The summed E-state index contributed by atoms with van der Waals surface area (Å²) in [6.45, 7) is 5.20. The van der Waals surface area contributed by atoms with Crippen molar-refractivity contribution >= 4 is 11.9 Å². The Labute approximate surface area is 173 Å². The summed E-state index contributed by atoms with van der Waals surface area (Å²) in [4.78, 5) is 28.1. The molecule has 3 saturated heterocycles. The van der Waals surface area contributed by atoms with Gasteiger partial charge < -0.3 is 19.9 Å². The number of piperidine rings is 1. The number of hydrogen-bond donors (Lipinski definition) is 1. The molecule has 1 aromatic heterocycles. The predicted molar refractivity (Wildman–Crippen MR) is 102 cm³/mol. The number of morpholine rings is 1. The molecule has 1 N–H and O–H groups in total. The number of carbonyl (C=O) groups excluding carboxylic acids is 2. The summed E-state index contributed by atoms with van der Waals surface area (Å²) in [7, 11) is 0. The highest BCUT2D eigenvalue weighted by atomic mass is 19.3. The van der Waals surface area contributed by atoms with Crippen LogP contribution in [0.2, 0.25) is 0 Å². The molecule has 2 atom stereocenters. The van der Waals surface area contributed by atoms with Crippen LogP contribution < -0.4 is 5.32 Å². The van der Waals surface area contributed by atoms with Gasteiger partial charge in [0.1, 0.15) is 12.3 Å². The van der Waals surface area contributed by atoms with E-state index >= 15 is 0 Å². The second kappa shape index (κ2) is 7.18. The Balaban J connectivity index is 1.10. The van der Waals surface area contributed by atoms with Gasteiger partial charge in [-0.2, -0.15) is 5.10 Å². The molecule has 8 nitrogen and oxygen atoms in total. The fraction of sp³-hybridized carbons (Fsp3) is 0.750. The predicted octanol–water partition coefficient (Wildman–Crippen LogP) is 1.55. The molecule has 1 saturated carbocycles. The van der Waals surface area contributed by atoms with Gasteiger partial charge in [-0.05, 0) is 38.2 Å². The number of aromatic nitrogens is 2. The second-order valence-electron chi connectivity index (χ2n) is 9.36. The third-order valence-electron chi connectivity index (χ3n) is 7.02. The molecule has 1 spiro atoms. The van der Waals surface area contributed by atoms with Crippen molar-refractivity contribution in [3.05, 3.63) is 17.5 Å². The highest BCUT2D eigenvalue weighted by Gasteiger charge is 2.54. The Morgan fingerprint density at radius 3 is 2.83 bits per heavy atom. The van der Waals surface area contributed by atoms with Crippen LogP contribution in [0.3, 0.4) is 0 Å². The zero-order valence-electron chi connectivity index (χ0n) is 17.0. The van der Waals surface area contributed by atoms with Gasteiger partial charge in [0.15, 0.2) is 0 Å². The first-order valence-corrected chi connectivity index (χ1v) is 10.6. The van der Waals surface area contributed by atoms with Crippen molar-refractivity contribution in [2.75, 3.05) is 32.8 Å². The summed E-state index contributed by atoms with van der Waals surface area (Å²) in [6.07, 6.45) is 0.186. The summed E-state index contributed by atoms with van der Waals surface area (Å²) >= 11 is 0. The fourth-order valence-electron chi connectivity index (χ4n) is 5.60. The number of halogens is 2. The number of carbonyl (C=O) groups is 2. The smallest absolute Gasteiger partial charge is 0.320 e.